The molecule has 1 aromatic heterocycles. The molecule has 1 saturated carbocycles. The SMILES string of the molecule is CC(C)(C)Cn1cc(CNS(=O)(=O)C2CC2)c2ccc(-c3c(F)cccc3C(F)F)cc21. The van der Waals surface area contributed by atoms with Crippen molar-refractivity contribution in [3.8, 4) is 11.1 Å². The van der Waals surface area contributed by atoms with Crippen molar-refractivity contribution in [1.29, 1.82) is 0 Å². The van der Waals surface area contributed by atoms with Gasteiger partial charge >= 0.3 is 0 Å². The number of fused-ring (bicyclic) bond motifs is 1. The smallest absolute Gasteiger partial charge is 0.264 e. The van der Waals surface area contributed by atoms with Gasteiger partial charge < -0.3 is 4.57 Å². The second-order valence-electron chi connectivity index (χ2n) is 9.65. The minimum absolute atomic E-state index is 0.0845. The molecular weight excluding hydrogens is 437 g/mol. The van der Waals surface area contributed by atoms with Crippen LogP contribution in [0.15, 0.2) is 42.6 Å². The average molecular weight is 465 g/mol. The van der Waals surface area contributed by atoms with Crippen LogP contribution in [0.5, 0.6) is 0 Å². The van der Waals surface area contributed by atoms with Crippen molar-refractivity contribution in [2.45, 2.75) is 58.4 Å². The van der Waals surface area contributed by atoms with E-state index in [-0.39, 0.29) is 28.3 Å². The van der Waals surface area contributed by atoms with Crippen molar-refractivity contribution in [3.05, 3.63) is 59.5 Å². The van der Waals surface area contributed by atoms with Gasteiger partial charge in [-0.05, 0) is 41.5 Å². The minimum atomic E-state index is -3.34. The van der Waals surface area contributed by atoms with Crippen molar-refractivity contribution in [2.24, 2.45) is 5.41 Å². The first-order valence-electron chi connectivity index (χ1n) is 10.6. The Hall–Kier alpha value is -2.32. The molecule has 0 spiro atoms. The Bertz CT molecular complexity index is 1260. The Morgan fingerprint density at radius 3 is 2.50 bits per heavy atom. The van der Waals surface area contributed by atoms with Crippen LogP contribution in [0.25, 0.3) is 22.0 Å². The summed E-state index contributed by atoms with van der Waals surface area (Å²) in [5, 5.41) is 0.497. The predicted molar refractivity (Wildman–Crippen MR) is 121 cm³/mol. The zero-order chi connectivity index (χ0) is 23.3. The molecule has 0 bridgehead atoms. The number of halogens is 3. The third kappa shape index (κ3) is 4.71. The van der Waals surface area contributed by atoms with E-state index in [2.05, 4.69) is 25.5 Å². The molecular formula is C24H27F3N2O2S. The quantitative estimate of drug-likeness (QED) is 0.465. The molecule has 0 amide bonds. The molecule has 4 nitrogen and oxygen atoms in total. The molecule has 1 aliphatic carbocycles. The third-order valence-corrected chi connectivity index (χ3v) is 7.50. The topological polar surface area (TPSA) is 51.1 Å². The van der Waals surface area contributed by atoms with Gasteiger partial charge in [0.25, 0.3) is 6.43 Å². The number of nitrogens with one attached hydrogen (secondary N) is 1. The standard InChI is InChI=1S/C24H27F3N2O2S/c1-24(2,3)14-29-13-16(12-28-32(30,31)17-8-9-17)18-10-7-15(11-21(18)29)22-19(23(26)27)5-4-6-20(22)25/h4-7,10-11,13,17,23,28H,8-9,12,14H2,1-3H3. The first kappa shape index (κ1) is 22.9. The van der Waals surface area contributed by atoms with Crippen LogP contribution >= 0.6 is 0 Å². The summed E-state index contributed by atoms with van der Waals surface area (Å²) < 4.78 is 70.9. The number of hydrogen-bond donors (Lipinski definition) is 1. The van der Waals surface area contributed by atoms with E-state index in [9.17, 15) is 21.6 Å². The van der Waals surface area contributed by atoms with E-state index in [0.29, 0.717) is 24.9 Å². The van der Waals surface area contributed by atoms with Crippen LogP contribution in [0.3, 0.4) is 0 Å². The number of alkyl halides is 2. The fourth-order valence-corrected chi connectivity index (χ4v) is 5.36. The maximum absolute atomic E-state index is 14.6. The summed E-state index contributed by atoms with van der Waals surface area (Å²) in [6, 6.07) is 8.78. The summed E-state index contributed by atoms with van der Waals surface area (Å²) in [5.74, 6) is -0.700. The van der Waals surface area contributed by atoms with Gasteiger partial charge in [-0.2, -0.15) is 0 Å². The molecule has 0 atom stereocenters. The highest BCUT2D eigenvalue weighted by molar-refractivity contribution is 7.90. The summed E-state index contributed by atoms with van der Waals surface area (Å²) in [6.45, 7) is 6.99. The van der Waals surface area contributed by atoms with Crippen LogP contribution in [-0.2, 0) is 23.1 Å². The number of benzene rings is 2. The van der Waals surface area contributed by atoms with E-state index >= 15 is 0 Å². The lowest BCUT2D eigenvalue weighted by molar-refractivity contribution is 0.151. The Morgan fingerprint density at radius 1 is 1.16 bits per heavy atom. The fraction of sp³-hybridized carbons (Fsp3) is 0.417. The highest BCUT2D eigenvalue weighted by Crippen LogP contribution is 2.36. The third-order valence-electron chi connectivity index (χ3n) is 5.61. The van der Waals surface area contributed by atoms with Gasteiger partial charge in [-0.1, -0.05) is 45.0 Å². The number of sulfonamides is 1. The number of rotatable bonds is 7. The monoisotopic (exact) mass is 464 g/mol. The largest absolute Gasteiger partial charge is 0.347 e. The molecule has 0 radical (unpaired) electrons. The highest BCUT2D eigenvalue weighted by atomic mass is 32.2. The van der Waals surface area contributed by atoms with E-state index in [1.165, 1.54) is 18.2 Å². The zero-order valence-electron chi connectivity index (χ0n) is 18.3. The highest BCUT2D eigenvalue weighted by Gasteiger charge is 2.35. The lowest BCUT2D eigenvalue weighted by atomic mass is 9.96. The van der Waals surface area contributed by atoms with Crippen LogP contribution in [0, 0.1) is 11.2 Å². The predicted octanol–water partition coefficient (Wildman–Crippen LogP) is 6.01. The Balaban J connectivity index is 1.80. The second kappa shape index (κ2) is 8.23. The van der Waals surface area contributed by atoms with E-state index in [1.54, 1.807) is 18.2 Å². The lowest BCUT2D eigenvalue weighted by Crippen LogP contribution is -2.26. The number of nitrogens with zero attached hydrogens (tertiary/aromatic N) is 1. The van der Waals surface area contributed by atoms with Crippen LogP contribution < -0.4 is 4.72 Å². The number of hydrogen-bond acceptors (Lipinski definition) is 2. The zero-order valence-corrected chi connectivity index (χ0v) is 19.1. The first-order valence-corrected chi connectivity index (χ1v) is 12.2. The molecule has 2 aromatic carbocycles. The molecule has 0 aliphatic heterocycles. The molecule has 0 unspecified atom stereocenters. The van der Waals surface area contributed by atoms with Gasteiger partial charge in [-0.25, -0.2) is 26.3 Å². The second-order valence-corrected chi connectivity index (χ2v) is 11.7. The maximum atomic E-state index is 14.6. The normalized spacial score (nSPS) is 15.1. The van der Waals surface area contributed by atoms with Gasteiger partial charge in [-0.3, -0.25) is 0 Å². The first-order chi connectivity index (χ1) is 15.0. The molecule has 3 aromatic rings. The molecule has 1 N–H and O–H groups in total. The van der Waals surface area contributed by atoms with Crippen LogP contribution in [0.1, 0.15) is 51.2 Å². The molecule has 172 valence electrons. The average Bonchev–Trinajstić information content (AvgIpc) is 3.50. The summed E-state index contributed by atoms with van der Waals surface area (Å²) in [6.07, 6.45) is 0.453. The molecule has 1 aliphatic rings. The molecule has 0 saturated heterocycles. The van der Waals surface area contributed by atoms with Gasteiger partial charge in [0.15, 0.2) is 0 Å². The van der Waals surface area contributed by atoms with Crippen molar-refractivity contribution in [2.75, 3.05) is 0 Å². The van der Waals surface area contributed by atoms with E-state index in [0.717, 1.165) is 16.5 Å². The minimum Gasteiger partial charge on any atom is -0.347 e. The molecule has 1 heterocycles. The Kier molecular flexibility index (Phi) is 5.88. The van der Waals surface area contributed by atoms with Crippen LogP contribution in [0.4, 0.5) is 13.2 Å². The number of aromatic nitrogens is 1. The molecule has 8 heteroatoms. The van der Waals surface area contributed by atoms with Crippen molar-refractivity contribution in [1.82, 2.24) is 9.29 Å². The lowest BCUT2D eigenvalue weighted by Gasteiger charge is -2.20. The van der Waals surface area contributed by atoms with Gasteiger partial charge in [-0.15, -0.1) is 0 Å². The summed E-state index contributed by atoms with van der Waals surface area (Å²) in [4.78, 5) is 0. The van der Waals surface area contributed by atoms with Crippen molar-refractivity contribution < 1.29 is 21.6 Å². The van der Waals surface area contributed by atoms with Gasteiger partial charge in [0, 0.05) is 41.3 Å². The Labute approximate surface area is 186 Å². The summed E-state index contributed by atoms with van der Waals surface area (Å²) >= 11 is 0. The molecule has 32 heavy (non-hydrogen) atoms. The van der Waals surface area contributed by atoms with E-state index < -0.39 is 22.3 Å². The van der Waals surface area contributed by atoms with Crippen molar-refractivity contribution >= 4 is 20.9 Å². The molecule has 4 rings (SSSR count). The van der Waals surface area contributed by atoms with Gasteiger partial charge in [0.2, 0.25) is 10.0 Å². The Morgan fingerprint density at radius 2 is 1.88 bits per heavy atom. The fourth-order valence-electron chi connectivity index (χ4n) is 4.01. The van der Waals surface area contributed by atoms with E-state index in [4.69, 9.17) is 0 Å². The summed E-state index contributed by atoms with van der Waals surface area (Å²) in [5.41, 5.74) is 1.37. The summed E-state index contributed by atoms with van der Waals surface area (Å²) in [7, 11) is -3.34. The maximum Gasteiger partial charge on any atom is 0.264 e. The van der Waals surface area contributed by atoms with Crippen LogP contribution in [-0.4, -0.2) is 18.2 Å². The van der Waals surface area contributed by atoms with Gasteiger partial charge in [0.05, 0.1) is 5.25 Å². The van der Waals surface area contributed by atoms with Gasteiger partial charge in [0.1, 0.15) is 5.82 Å². The van der Waals surface area contributed by atoms with Crippen LogP contribution in [0.2, 0.25) is 0 Å². The molecule has 1 fully saturated rings. The van der Waals surface area contributed by atoms with Crippen molar-refractivity contribution in [3.63, 3.8) is 0 Å². The van der Waals surface area contributed by atoms with E-state index in [1.807, 2.05) is 10.8 Å².